The quantitative estimate of drug-likeness (QED) is 0.860. The number of aromatic carboxylic acids is 1. The van der Waals surface area contributed by atoms with Gasteiger partial charge < -0.3 is 10.4 Å². The van der Waals surface area contributed by atoms with Crippen molar-refractivity contribution in [2.75, 3.05) is 6.54 Å². The first kappa shape index (κ1) is 13.3. The maximum Gasteiger partial charge on any atom is 0.345 e. The summed E-state index contributed by atoms with van der Waals surface area (Å²) in [5.74, 6) is -1.26. The van der Waals surface area contributed by atoms with Crippen LogP contribution in [0.2, 0.25) is 0 Å². The number of thiophene rings is 1. The van der Waals surface area contributed by atoms with Crippen LogP contribution in [-0.2, 0) is 13.5 Å². The predicted molar refractivity (Wildman–Crippen MR) is 70.5 cm³/mol. The molecule has 0 unspecified atom stereocenters. The van der Waals surface area contributed by atoms with E-state index in [0.29, 0.717) is 17.8 Å². The molecule has 2 heterocycles. The summed E-state index contributed by atoms with van der Waals surface area (Å²) in [4.78, 5) is 23.0. The first-order valence-electron chi connectivity index (χ1n) is 5.65. The van der Waals surface area contributed by atoms with Crippen LogP contribution < -0.4 is 5.32 Å². The summed E-state index contributed by atoms with van der Waals surface area (Å²) in [5, 5.41) is 15.6. The number of nitrogens with zero attached hydrogens (tertiary/aromatic N) is 2. The summed E-state index contributed by atoms with van der Waals surface area (Å²) in [5.41, 5.74) is 1.04. The second-order valence-electron chi connectivity index (χ2n) is 4.00. The first-order chi connectivity index (χ1) is 9.06. The summed E-state index contributed by atoms with van der Waals surface area (Å²) in [6.45, 7) is 0.491. The van der Waals surface area contributed by atoms with Crippen LogP contribution in [0.1, 0.15) is 24.9 Å². The van der Waals surface area contributed by atoms with Gasteiger partial charge in [0.1, 0.15) is 4.88 Å². The molecule has 2 rings (SSSR count). The third-order valence-electron chi connectivity index (χ3n) is 2.50. The van der Waals surface area contributed by atoms with E-state index in [1.54, 1.807) is 10.9 Å². The molecular weight excluding hydrogens is 266 g/mol. The summed E-state index contributed by atoms with van der Waals surface area (Å²) in [7, 11) is 1.83. The van der Waals surface area contributed by atoms with Gasteiger partial charge in [0.05, 0.1) is 11.1 Å². The van der Waals surface area contributed by atoms with E-state index in [0.717, 1.165) is 16.9 Å². The molecule has 0 radical (unpaired) electrons. The fourth-order valence-electron chi connectivity index (χ4n) is 1.58. The molecule has 0 aliphatic heterocycles. The molecule has 0 spiro atoms. The average molecular weight is 279 g/mol. The molecule has 0 aromatic carbocycles. The largest absolute Gasteiger partial charge is 0.477 e. The van der Waals surface area contributed by atoms with E-state index in [1.807, 2.05) is 13.2 Å². The van der Waals surface area contributed by atoms with Gasteiger partial charge in [-0.05, 0) is 24.1 Å². The van der Waals surface area contributed by atoms with Gasteiger partial charge in [0.2, 0.25) is 0 Å². The summed E-state index contributed by atoms with van der Waals surface area (Å²) in [6, 6.07) is 2.95. The number of hydrogen-bond acceptors (Lipinski definition) is 4. The van der Waals surface area contributed by atoms with Crippen LogP contribution in [0, 0.1) is 0 Å². The zero-order valence-electron chi connectivity index (χ0n) is 10.3. The highest BCUT2D eigenvalue weighted by molar-refractivity contribution is 7.15. The molecular formula is C12H13N3O3S. The molecule has 0 bridgehead atoms. The molecule has 0 atom stereocenters. The minimum Gasteiger partial charge on any atom is -0.477 e. The van der Waals surface area contributed by atoms with Crippen LogP contribution >= 0.6 is 11.3 Å². The van der Waals surface area contributed by atoms with Crippen molar-refractivity contribution in [1.82, 2.24) is 15.1 Å². The Balaban J connectivity index is 1.85. The van der Waals surface area contributed by atoms with Gasteiger partial charge in [0.25, 0.3) is 5.91 Å². The highest BCUT2D eigenvalue weighted by atomic mass is 32.1. The van der Waals surface area contributed by atoms with Crippen molar-refractivity contribution in [3.63, 3.8) is 0 Å². The molecule has 7 heteroatoms. The SMILES string of the molecule is Cn1cc(CCNC(=O)c2ccc(C(=O)O)s2)cn1. The Kier molecular flexibility index (Phi) is 3.96. The number of carbonyl (C=O) groups is 2. The van der Waals surface area contributed by atoms with Crippen molar-refractivity contribution in [2.24, 2.45) is 7.05 Å². The van der Waals surface area contributed by atoms with Gasteiger partial charge in [-0.1, -0.05) is 0 Å². The van der Waals surface area contributed by atoms with Crippen LogP contribution in [0.3, 0.4) is 0 Å². The number of carboxylic acids is 1. The average Bonchev–Trinajstić information content (AvgIpc) is 2.98. The summed E-state index contributed by atoms with van der Waals surface area (Å²) >= 11 is 0.971. The molecule has 100 valence electrons. The highest BCUT2D eigenvalue weighted by Gasteiger charge is 2.12. The zero-order chi connectivity index (χ0) is 13.8. The number of carboxylic acid groups (broad SMARTS) is 1. The first-order valence-corrected chi connectivity index (χ1v) is 6.47. The number of carbonyl (C=O) groups excluding carboxylic acids is 1. The Morgan fingerprint density at radius 1 is 1.42 bits per heavy atom. The third-order valence-corrected chi connectivity index (χ3v) is 3.57. The van der Waals surface area contributed by atoms with Crippen molar-refractivity contribution in [1.29, 1.82) is 0 Å². The van der Waals surface area contributed by atoms with Gasteiger partial charge in [-0.15, -0.1) is 11.3 Å². The van der Waals surface area contributed by atoms with Crippen molar-refractivity contribution < 1.29 is 14.7 Å². The number of nitrogens with one attached hydrogen (secondary N) is 1. The van der Waals surface area contributed by atoms with Gasteiger partial charge >= 0.3 is 5.97 Å². The van der Waals surface area contributed by atoms with E-state index in [1.165, 1.54) is 12.1 Å². The normalized spacial score (nSPS) is 10.4. The summed E-state index contributed by atoms with van der Waals surface area (Å²) < 4.78 is 1.70. The van der Waals surface area contributed by atoms with Crippen LogP contribution in [0.5, 0.6) is 0 Å². The Labute approximate surface area is 113 Å². The lowest BCUT2D eigenvalue weighted by molar-refractivity contribution is 0.0702. The zero-order valence-corrected chi connectivity index (χ0v) is 11.1. The van der Waals surface area contributed by atoms with Crippen LogP contribution in [-0.4, -0.2) is 33.3 Å². The minimum atomic E-state index is -1.01. The van der Waals surface area contributed by atoms with Gasteiger partial charge in [0.15, 0.2) is 0 Å². The molecule has 0 aliphatic carbocycles. The third kappa shape index (κ3) is 3.41. The fraction of sp³-hybridized carbons (Fsp3) is 0.250. The Morgan fingerprint density at radius 3 is 2.74 bits per heavy atom. The Bertz CT molecular complexity index is 603. The van der Waals surface area contributed by atoms with E-state index < -0.39 is 5.97 Å². The monoisotopic (exact) mass is 279 g/mol. The molecule has 2 aromatic rings. The topological polar surface area (TPSA) is 84.2 Å². The van der Waals surface area contributed by atoms with Crippen molar-refractivity contribution >= 4 is 23.2 Å². The van der Waals surface area contributed by atoms with E-state index in [-0.39, 0.29) is 10.8 Å². The standard InChI is InChI=1S/C12H13N3O3S/c1-15-7-8(6-14-15)4-5-13-11(16)9-2-3-10(19-9)12(17)18/h2-3,6-7H,4-5H2,1H3,(H,13,16)(H,17,18). The molecule has 19 heavy (non-hydrogen) atoms. The maximum absolute atomic E-state index is 11.8. The van der Waals surface area contributed by atoms with E-state index in [2.05, 4.69) is 10.4 Å². The lowest BCUT2D eigenvalue weighted by atomic mass is 10.2. The smallest absolute Gasteiger partial charge is 0.345 e. The highest BCUT2D eigenvalue weighted by Crippen LogP contribution is 2.16. The summed E-state index contributed by atoms with van der Waals surface area (Å²) in [6.07, 6.45) is 4.33. The van der Waals surface area contributed by atoms with Crippen molar-refractivity contribution in [3.05, 3.63) is 39.8 Å². The minimum absolute atomic E-state index is 0.164. The van der Waals surface area contributed by atoms with Gasteiger partial charge in [0, 0.05) is 19.8 Å². The predicted octanol–water partition coefficient (Wildman–Crippen LogP) is 1.15. The number of rotatable bonds is 5. The molecule has 6 nitrogen and oxygen atoms in total. The number of aromatic nitrogens is 2. The van der Waals surface area contributed by atoms with Gasteiger partial charge in [-0.25, -0.2) is 4.79 Å². The van der Waals surface area contributed by atoms with Gasteiger partial charge in [-0.2, -0.15) is 5.10 Å². The Hall–Kier alpha value is -2.15. The second-order valence-corrected chi connectivity index (χ2v) is 5.08. The Morgan fingerprint density at radius 2 is 2.16 bits per heavy atom. The molecule has 2 N–H and O–H groups in total. The van der Waals surface area contributed by atoms with Crippen LogP contribution in [0.15, 0.2) is 24.5 Å². The van der Waals surface area contributed by atoms with Gasteiger partial charge in [-0.3, -0.25) is 9.48 Å². The van der Waals surface area contributed by atoms with Crippen molar-refractivity contribution in [2.45, 2.75) is 6.42 Å². The molecule has 0 aliphatic rings. The lowest BCUT2D eigenvalue weighted by Crippen LogP contribution is -2.24. The molecule has 0 fully saturated rings. The van der Waals surface area contributed by atoms with Crippen molar-refractivity contribution in [3.8, 4) is 0 Å². The maximum atomic E-state index is 11.8. The van der Waals surface area contributed by atoms with E-state index in [9.17, 15) is 9.59 Å². The molecule has 0 saturated carbocycles. The molecule has 0 saturated heterocycles. The lowest BCUT2D eigenvalue weighted by Gasteiger charge is -2.01. The number of hydrogen-bond donors (Lipinski definition) is 2. The molecule has 1 amide bonds. The fourth-order valence-corrected chi connectivity index (χ4v) is 2.34. The van der Waals surface area contributed by atoms with E-state index >= 15 is 0 Å². The number of amides is 1. The second kappa shape index (κ2) is 5.66. The van der Waals surface area contributed by atoms with Crippen LogP contribution in [0.4, 0.5) is 0 Å². The van der Waals surface area contributed by atoms with Crippen LogP contribution in [0.25, 0.3) is 0 Å². The molecule has 2 aromatic heterocycles. The number of aryl methyl sites for hydroxylation is 1. The van der Waals surface area contributed by atoms with E-state index in [4.69, 9.17) is 5.11 Å².